The molecule has 0 radical (unpaired) electrons. The first kappa shape index (κ1) is 20.8. The molecule has 0 aliphatic carbocycles. The second-order valence-corrected chi connectivity index (χ2v) is 9.60. The summed E-state index contributed by atoms with van der Waals surface area (Å²) < 4.78 is 26.8. The first-order valence-corrected chi connectivity index (χ1v) is 11.4. The Hall–Kier alpha value is -1.89. The number of halogens is 1. The number of piperidine rings is 1. The molecule has 0 saturated carbocycles. The molecule has 1 aliphatic heterocycles. The van der Waals surface area contributed by atoms with Crippen molar-refractivity contribution >= 4 is 27.5 Å². The summed E-state index contributed by atoms with van der Waals surface area (Å²) in [6.07, 6.45) is 1.06. The van der Waals surface area contributed by atoms with Crippen LogP contribution in [0.1, 0.15) is 29.5 Å². The molecule has 7 heteroatoms. The molecule has 3 rings (SSSR count). The topological polar surface area (TPSA) is 66.5 Å². The van der Waals surface area contributed by atoms with Crippen LogP contribution in [0.25, 0.3) is 0 Å². The maximum Gasteiger partial charge on any atom is 0.223 e. The van der Waals surface area contributed by atoms with Crippen LogP contribution in [0.4, 0.5) is 0 Å². The molecule has 2 aromatic carbocycles. The zero-order valence-corrected chi connectivity index (χ0v) is 17.5. The lowest BCUT2D eigenvalue weighted by atomic mass is 9.97. The van der Waals surface area contributed by atoms with Crippen LogP contribution in [-0.2, 0) is 27.1 Å². The summed E-state index contributed by atoms with van der Waals surface area (Å²) in [5, 5.41) is 3.42. The normalized spacial score (nSPS) is 16.1. The average molecular weight is 421 g/mol. The molecular weight excluding hydrogens is 396 g/mol. The summed E-state index contributed by atoms with van der Waals surface area (Å²) in [7, 11) is -3.45. The minimum Gasteiger partial charge on any atom is -0.352 e. The van der Waals surface area contributed by atoms with E-state index in [2.05, 4.69) is 5.32 Å². The van der Waals surface area contributed by atoms with Crippen LogP contribution in [0.3, 0.4) is 0 Å². The maximum atomic E-state index is 12.7. The van der Waals surface area contributed by atoms with Gasteiger partial charge in [-0.3, -0.25) is 4.79 Å². The number of hydrogen-bond donors (Lipinski definition) is 1. The lowest BCUT2D eigenvalue weighted by Crippen LogP contribution is -2.43. The third-order valence-electron chi connectivity index (χ3n) is 5.10. The van der Waals surface area contributed by atoms with E-state index in [9.17, 15) is 13.2 Å². The number of hydrogen-bond acceptors (Lipinski definition) is 3. The fourth-order valence-electron chi connectivity index (χ4n) is 3.34. The first-order chi connectivity index (χ1) is 13.3. The third-order valence-corrected chi connectivity index (χ3v) is 7.30. The number of sulfonamides is 1. The molecule has 0 bridgehead atoms. The Morgan fingerprint density at radius 1 is 1.11 bits per heavy atom. The molecule has 0 atom stereocenters. The van der Waals surface area contributed by atoms with Crippen LogP contribution in [-0.4, -0.2) is 31.7 Å². The Bertz CT molecular complexity index is 921. The molecule has 1 amide bonds. The molecular formula is C21H25ClN2O3S. The molecule has 150 valence electrons. The van der Waals surface area contributed by atoms with Crippen molar-refractivity contribution in [3.8, 4) is 0 Å². The molecule has 0 spiro atoms. The van der Waals surface area contributed by atoms with E-state index >= 15 is 0 Å². The SMILES string of the molecule is Cc1ccc(CNC(=O)C2CCN(S(=O)(=O)Cc3ccccc3Cl)CC2)cc1. The Morgan fingerprint density at radius 3 is 2.39 bits per heavy atom. The van der Waals surface area contributed by atoms with Gasteiger partial charge in [-0.1, -0.05) is 59.6 Å². The standard InChI is InChI=1S/C21H25ClN2O3S/c1-16-6-8-17(9-7-16)14-23-21(25)18-10-12-24(13-11-18)28(26,27)15-19-4-2-3-5-20(19)22/h2-9,18H,10-15H2,1H3,(H,23,25). The van der Waals surface area contributed by atoms with Gasteiger partial charge >= 0.3 is 0 Å². The van der Waals surface area contributed by atoms with Gasteiger partial charge in [0.2, 0.25) is 15.9 Å². The Labute approximate surface area is 171 Å². The number of carbonyl (C=O) groups is 1. The van der Waals surface area contributed by atoms with Gasteiger partial charge in [-0.25, -0.2) is 12.7 Å². The lowest BCUT2D eigenvalue weighted by molar-refractivity contribution is -0.126. The molecule has 1 N–H and O–H groups in total. The second-order valence-electron chi connectivity index (χ2n) is 7.22. The number of benzene rings is 2. The van der Waals surface area contributed by atoms with Gasteiger partial charge < -0.3 is 5.32 Å². The molecule has 28 heavy (non-hydrogen) atoms. The van der Waals surface area contributed by atoms with Crippen molar-refractivity contribution in [2.45, 2.75) is 32.1 Å². The van der Waals surface area contributed by atoms with Gasteiger partial charge in [0.1, 0.15) is 0 Å². The van der Waals surface area contributed by atoms with Crippen LogP contribution in [0.15, 0.2) is 48.5 Å². The Morgan fingerprint density at radius 2 is 1.75 bits per heavy atom. The largest absolute Gasteiger partial charge is 0.352 e. The fraction of sp³-hybridized carbons (Fsp3) is 0.381. The fourth-order valence-corrected chi connectivity index (χ4v) is 5.22. The summed E-state index contributed by atoms with van der Waals surface area (Å²) in [5.41, 5.74) is 2.83. The predicted octanol–water partition coefficient (Wildman–Crippen LogP) is 3.51. The van der Waals surface area contributed by atoms with Gasteiger partial charge in [0.15, 0.2) is 0 Å². The number of amides is 1. The highest BCUT2D eigenvalue weighted by Crippen LogP contribution is 2.24. The number of nitrogens with one attached hydrogen (secondary N) is 1. The first-order valence-electron chi connectivity index (χ1n) is 9.39. The third kappa shape index (κ3) is 5.34. The molecule has 1 aliphatic rings. The Kier molecular flexibility index (Phi) is 6.75. The molecule has 5 nitrogen and oxygen atoms in total. The van der Waals surface area contributed by atoms with Crippen molar-refractivity contribution in [1.82, 2.24) is 9.62 Å². The van der Waals surface area contributed by atoms with Crippen LogP contribution >= 0.6 is 11.6 Å². The van der Waals surface area contributed by atoms with Crippen molar-refractivity contribution in [3.05, 3.63) is 70.2 Å². The number of nitrogens with zero attached hydrogens (tertiary/aromatic N) is 1. The summed E-state index contributed by atoms with van der Waals surface area (Å²) >= 11 is 6.09. The highest BCUT2D eigenvalue weighted by Gasteiger charge is 2.31. The van der Waals surface area contributed by atoms with E-state index in [-0.39, 0.29) is 17.6 Å². The summed E-state index contributed by atoms with van der Waals surface area (Å²) in [5.74, 6) is -0.280. The van der Waals surface area contributed by atoms with E-state index < -0.39 is 10.0 Å². The van der Waals surface area contributed by atoms with Crippen molar-refractivity contribution in [1.29, 1.82) is 0 Å². The van der Waals surface area contributed by atoms with Crippen molar-refractivity contribution < 1.29 is 13.2 Å². The molecule has 1 saturated heterocycles. The summed E-state index contributed by atoms with van der Waals surface area (Å²) in [4.78, 5) is 12.4. The van der Waals surface area contributed by atoms with Crippen molar-refractivity contribution in [3.63, 3.8) is 0 Å². The zero-order chi connectivity index (χ0) is 20.1. The quantitative estimate of drug-likeness (QED) is 0.777. The van der Waals surface area contributed by atoms with E-state index in [1.165, 1.54) is 9.87 Å². The highest BCUT2D eigenvalue weighted by atomic mass is 35.5. The van der Waals surface area contributed by atoms with E-state index in [0.717, 1.165) is 5.56 Å². The van der Waals surface area contributed by atoms with E-state index in [4.69, 9.17) is 11.6 Å². The Balaban J connectivity index is 1.51. The van der Waals surface area contributed by atoms with Gasteiger partial charge in [-0.05, 0) is 37.0 Å². The van der Waals surface area contributed by atoms with Crippen LogP contribution in [0.2, 0.25) is 5.02 Å². The second kappa shape index (κ2) is 9.07. The molecule has 0 aromatic heterocycles. The maximum absolute atomic E-state index is 12.7. The molecule has 2 aromatic rings. The van der Waals surface area contributed by atoms with Gasteiger partial charge in [0.25, 0.3) is 0 Å². The molecule has 0 unspecified atom stereocenters. The van der Waals surface area contributed by atoms with E-state index in [0.29, 0.717) is 43.1 Å². The molecule has 1 heterocycles. The lowest BCUT2D eigenvalue weighted by Gasteiger charge is -2.30. The van der Waals surface area contributed by atoms with Crippen molar-refractivity contribution in [2.75, 3.05) is 13.1 Å². The van der Waals surface area contributed by atoms with E-state index in [1.54, 1.807) is 24.3 Å². The van der Waals surface area contributed by atoms with Gasteiger partial charge in [0, 0.05) is 30.6 Å². The van der Waals surface area contributed by atoms with Gasteiger partial charge in [-0.2, -0.15) is 0 Å². The summed E-state index contributed by atoms with van der Waals surface area (Å²) in [6.45, 7) is 3.23. The number of aryl methyl sites for hydroxylation is 1. The minimum atomic E-state index is -3.45. The average Bonchev–Trinajstić information content (AvgIpc) is 2.69. The molecule has 1 fully saturated rings. The van der Waals surface area contributed by atoms with E-state index in [1.807, 2.05) is 31.2 Å². The van der Waals surface area contributed by atoms with Crippen LogP contribution < -0.4 is 5.32 Å². The summed E-state index contributed by atoms with van der Waals surface area (Å²) in [6, 6.07) is 15.0. The monoisotopic (exact) mass is 420 g/mol. The zero-order valence-electron chi connectivity index (χ0n) is 15.9. The van der Waals surface area contributed by atoms with Crippen molar-refractivity contribution in [2.24, 2.45) is 5.92 Å². The number of carbonyl (C=O) groups excluding carboxylic acids is 1. The van der Waals surface area contributed by atoms with Gasteiger partial charge in [0.05, 0.1) is 5.75 Å². The van der Waals surface area contributed by atoms with Gasteiger partial charge in [-0.15, -0.1) is 0 Å². The van der Waals surface area contributed by atoms with Crippen LogP contribution in [0.5, 0.6) is 0 Å². The predicted molar refractivity (Wildman–Crippen MR) is 111 cm³/mol. The minimum absolute atomic E-state index is 0.0104. The smallest absolute Gasteiger partial charge is 0.223 e. The highest BCUT2D eigenvalue weighted by molar-refractivity contribution is 7.88. The van der Waals surface area contributed by atoms with Crippen LogP contribution in [0, 0.1) is 12.8 Å². The number of rotatable bonds is 6.